The number of halogens is 6. The van der Waals surface area contributed by atoms with Crippen molar-refractivity contribution in [3.05, 3.63) is 71.3 Å². The molecule has 0 saturated heterocycles. The van der Waals surface area contributed by atoms with E-state index in [1.807, 2.05) is 0 Å². The minimum absolute atomic E-state index is 0.0835. The molecule has 6 nitrogen and oxygen atoms in total. The van der Waals surface area contributed by atoms with E-state index in [9.17, 15) is 31.1 Å². The van der Waals surface area contributed by atoms with Gasteiger partial charge in [-0.25, -0.2) is 4.98 Å². The highest BCUT2D eigenvalue weighted by atomic mass is 19.4. The van der Waals surface area contributed by atoms with Crippen LogP contribution in [0.15, 0.2) is 48.9 Å². The Morgan fingerprint density at radius 1 is 0.909 bits per heavy atom. The van der Waals surface area contributed by atoms with E-state index in [1.165, 1.54) is 31.5 Å². The second-order valence-electron chi connectivity index (χ2n) is 6.91. The highest BCUT2D eigenvalue weighted by molar-refractivity contribution is 6.08. The SMILES string of the molecule is Cc1cnccc1NC(=O)c1cc(C(F)(F)F)ncc1Nc1ccc(OC(F)(F)F)cc1C. The number of pyridine rings is 2. The molecule has 1 aromatic carbocycles. The molecule has 0 fully saturated rings. The zero-order valence-electron chi connectivity index (χ0n) is 17.1. The van der Waals surface area contributed by atoms with Crippen molar-refractivity contribution in [2.75, 3.05) is 10.6 Å². The molecule has 33 heavy (non-hydrogen) atoms. The molecule has 3 rings (SSSR count). The standard InChI is InChI=1S/C21H16F6N4O2/c1-11-7-13(33-21(25,26)27)3-4-15(11)30-17-10-29-18(20(22,23)24)8-14(17)19(32)31-16-5-6-28-9-12(16)2/h3-10,30H,1-2H3,(H,28,31,32). The van der Waals surface area contributed by atoms with Gasteiger partial charge < -0.3 is 15.4 Å². The van der Waals surface area contributed by atoms with E-state index in [0.717, 1.165) is 18.3 Å². The van der Waals surface area contributed by atoms with Gasteiger partial charge in [0.15, 0.2) is 0 Å². The van der Waals surface area contributed by atoms with Crippen molar-refractivity contribution in [1.29, 1.82) is 0 Å². The number of hydrogen-bond donors (Lipinski definition) is 2. The number of rotatable bonds is 5. The lowest BCUT2D eigenvalue weighted by molar-refractivity contribution is -0.274. The van der Waals surface area contributed by atoms with Crippen molar-refractivity contribution in [3.8, 4) is 5.75 Å². The summed E-state index contributed by atoms with van der Waals surface area (Å²) in [6.45, 7) is 3.12. The first kappa shape index (κ1) is 23.8. The lowest BCUT2D eigenvalue weighted by Crippen LogP contribution is -2.18. The Morgan fingerprint density at radius 3 is 2.24 bits per heavy atom. The average Bonchev–Trinajstić information content (AvgIpc) is 2.70. The first-order valence-corrected chi connectivity index (χ1v) is 9.26. The van der Waals surface area contributed by atoms with Crippen molar-refractivity contribution < 1.29 is 35.9 Å². The highest BCUT2D eigenvalue weighted by Gasteiger charge is 2.34. The predicted molar refractivity (Wildman–Crippen MR) is 107 cm³/mol. The number of ether oxygens (including phenoxy) is 1. The van der Waals surface area contributed by atoms with Crippen molar-refractivity contribution in [2.45, 2.75) is 26.4 Å². The van der Waals surface area contributed by atoms with E-state index in [2.05, 4.69) is 25.3 Å². The number of hydrogen-bond acceptors (Lipinski definition) is 5. The Balaban J connectivity index is 1.96. The van der Waals surface area contributed by atoms with Crippen LogP contribution in [0.5, 0.6) is 5.75 Å². The van der Waals surface area contributed by atoms with Crippen LogP contribution in [0.25, 0.3) is 0 Å². The Hall–Kier alpha value is -3.83. The summed E-state index contributed by atoms with van der Waals surface area (Å²) in [6, 6.07) is 5.43. The largest absolute Gasteiger partial charge is 0.573 e. The first-order chi connectivity index (χ1) is 15.3. The highest BCUT2D eigenvalue weighted by Crippen LogP contribution is 2.33. The van der Waals surface area contributed by atoms with Crippen molar-refractivity contribution >= 4 is 23.0 Å². The maximum absolute atomic E-state index is 13.2. The quantitative estimate of drug-likeness (QED) is 0.447. The molecule has 3 aromatic rings. The lowest BCUT2D eigenvalue weighted by atomic mass is 10.1. The van der Waals surface area contributed by atoms with Gasteiger partial charge in [0.05, 0.1) is 17.4 Å². The predicted octanol–water partition coefficient (Wildman–Crippen LogP) is 6.01. The summed E-state index contributed by atoms with van der Waals surface area (Å²) < 4.78 is 80.7. The van der Waals surface area contributed by atoms with Gasteiger partial charge in [0.2, 0.25) is 0 Å². The molecule has 0 aliphatic carbocycles. The Kier molecular flexibility index (Phi) is 6.47. The number of aromatic nitrogens is 2. The molecular weight excluding hydrogens is 454 g/mol. The molecule has 2 heterocycles. The summed E-state index contributed by atoms with van der Waals surface area (Å²) in [5.74, 6) is -1.32. The Bertz CT molecular complexity index is 1180. The third-order valence-corrected chi connectivity index (χ3v) is 4.41. The lowest BCUT2D eigenvalue weighted by Gasteiger charge is -2.17. The van der Waals surface area contributed by atoms with Gasteiger partial charge in [-0.15, -0.1) is 13.2 Å². The molecule has 0 unspecified atom stereocenters. The summed E-state index contributed by atoms with van der Waals surface area (Å²) in [6.07, 6.45) is -5.97. The molecule has 0 bridgehead atoms. The van der Waals surface area contributed by atoms with Gasteiger partial charge in [-0.2, -0.15) is 13.2 Å². The molecule has 2 aromatic heterocycles. The van der Waals surface area contributed by atoms with Crippen LogP contribution in [-0.2, 0) is 6.18 Å². The number of carbonyl (C=O) groups excluding carboxylic acids is 1. The molecule has 0 aliphatic rings. The molecule has 0 atom stereocenters. The number of amides is 1. The van der Waals surface area contributed by atoms with Crippen molar-refractivity contribution in [3.63, 3.8) is 0 Å². The average molecular weight is 470 g/mol. The molecule has 2 N–H and O–H groups in total. The van der Waals surface area contributed by atoms with E-state index >= 15 is 0 Å². The van der Waals surface area contributed by atoms with E-state index in [4.69, 9.17) is 0 Å². The number of alkyl halides is 6. The van der Waals surface area contributed by atoms with Gasteiger partial charge in [0, 0.05) is 23.8 Å². The number of benzene rings is 1. The summed E-state index contributed by atoms with van der Waals surface area (Å²) in [5, 5.41) is 5.27. The zero-order valence-corrected chi connectivity index (χ0v) is 17.1. The Morgan fingerprint density at radius 2 is 1.64 bits per heavy atom. The van der Waals surface area contributed by atoms with E-state index in [0.29, 0.717) is 17.3 Å². The van der Waals surface area contributed by atoms with E-state index in [1.54, 1.807) is 6.92 Å². The van der Waals surface area contributed by atoms with Crippen LogP contribution in [0.3, 0.4) is 0 Å². The molecule has 0 aliphatic heterocycles. The van der Waals surface area contributed by atoms with Gasteiger partial charge in [-0.05, 0) is 55.3 Å². The fraction of sp³-hybridized carbons (Fsp3) is 0.190. The summed E-state index contributed by atoms with van der Waals surface area (Å²) >= 11 is 0. The smallest absolute Gasteiger partial charge is 0.406 e. The Labute approximate surface area is 183 Å². The van der Waals surface area contributed by atoms with E-state index in [-0.39, 0.29) is 22.5 Å². The van der Waals surface area contributed by atoms with Gasteiger partial charge in [0.1, 0.15) is 11.4 Å². The number of nitrogens with zero attached hydrogens (tertiary/aromatic N) is 2. The summed E-state index contributed by atoms with van der Waals surface area (Å²) in [7, 11) is 0. The monoisotopic (exact) mass is 470 g/mol. The van der Waals surface area contributed by atoms with Crippen LogP contribution in [0.1, 0.15) is 27.2 Å². The van der Waals surface area contributed by atoms with Crippen LogP contribution in [0.2, 0.25) is 0 Å². The zero-order chi connectivity index (χ0) is 24.4. The van der Waals surface area contributed by atoms with Gasteiger partial charge >= 0.3 is 12.5 Å². The fourth-order valence-corrected chi connectivity index (χ4v) is 2.82. The van der Waals surface area contributed by atoms with Gasteiger partial charge in [0.25, 0.3) is 5.91 Å². The fourth-order valence-electron chi connectivity index (χ4n) is 2.82. The molecule has 1 amide bonds. The minimum atomic E-state index is -4.88. The number of anilines is 3. The summed E-state index contributed by atoms with van der Waals surface area (Å²) in [5.41, 5.74) is -0.287. The van der Waals surface area contributed by atoms with Crippen LogP contribution in [0.4, 0.5) is 43.4 Å². The summed E-state index contributed by atoms with van der Waals surface area (Å²) in [4.78, 5) is 20.1. The van der Waals surface area contributed by atoms with Crippen molar-refractivity contribution in [1.82, 2.24) is 9.97 Å². The molecule has 12 heteroatoms. The number of aryl methyl sites for hydroxylation is 2. The molecule has 0 spiro atoms. The van der Waals surface area contributed by atoms with E-state index < -0.39 is 29.9 Å². The first-order valence-electron chi connectivity index (χ1n) is 9.26. The number of nitrogens with one attached hydrogen (secondary N) is 2. The second kappa shape index (κ2) is 8.96. The van der Waals surface area contributed by atoms with Gasteiger partial charge in [-0.1, -0.05) is 0 Å². The van der Waals surface area contributed by atoms with Crippen LogP contribution in [-0.4, -0.2) is 22.2 Å². The maximum Gasteiger partial charge on any atom is 0.573 e. The second-order valence-corrected chi connectivity index (χ2v) is 6.91. The molecule has 0 radical (unpaired) electrons. The normalized spacial score (nSPS) is 11.8. The molecular formula is C21H16F6N4O2. The van der Waals surface area contributed by atoms with Crippen LogP contribution >= 0.6 is 0 Å². The van der Waals surface area contributed by atoms with Crippen LogP contribution < -0.4 is 15.4 Å². The number of carbonyl (C=O) groups is 1. The van der Waals surface area contributed by atoms with Crippen LogP contribution in [0, 0.1) is 13.8 Å². The third kappa shape index (κ3) is 6.11. The molecule has 0 saturated carbocycles. The maximum atomic E-state index is 13.2. The topological polar surface area (TPSA) is 76.1 Å². The van der Waals surface area contributed by atoms with Crippen molar-refractivity contribution in [2.24, 2.45) is 0 Å². The third-order valence-electron chi connectivity index (χ3n) is 4.41. The molecule has 174 valence electrons. The minimum Gasteiger partial charge on any atom is -0.406 e. The van der Waals surface area contributed by atoms with Gasteiger partial charge in [-0.3, -0.25) is 9.78 Å².